The quantitative estimate of drug-likeness (QED) is 0.682. The Labute approximate surface area is 156 Å². The molecule has 2 aromatic carbocycles. The summed E-state index contributed by atoms with van der Waals surface area (Å²) in [5, 5.41) is 5.82. The fourth-order valence-electron chi connectivity index (χ4n) is 2.49. The van der Waals surface area contributed by atoms with Crippen LogP contribution in [-0.2, 0) is 0 Å². The van der Waals surface area contributed by atoms with Crippen molar-refractivity contribution in [2.75, 3.05) is 24.9 Å². The van der Waals surface area contributed by atoms with Gasteiger partial charge in [-0.1, -0.05) is 6.07 Å². The molecule has 0 aliphatic rings. The first-order chi connectivity index (χ1) is 13.1. The van der Waals surface area contributed by atoms with E-state index in [1.54, 1.807) is 42.5 Å². The number of amides is 1. The summed E-state index contributed by atoms with van der Waals surface area (Å²) in [6, 6.07) is 14.5. The van der Waals surface area contributed by atoms with E-state index in [1.165, 1.54) is 32.5 Å². The summed E-state index contributed by atoms with van der Waals surface area (Å²) in [5.74, 6) is 0.710. The summed E-state index contributed by atoms with van der Waals surface area (Å²) >= 11 is 0. The third-order valence-electron chi connectivity index (χ3n) is 3.79. The second kappa shape index (κ2) is 8.18. The third kappa shape index (κ3) is 4.33. The summed E-state index contributed by atoms with van der Waals surface area (Å²) in [6.45, 7) is 0. The molecule has 0 radical (unpaired) electrons. The minimum absolute atomic E-state index is 0.302. The maximum atomic E-state index is 12.9. The van der Waals surface area contributed by atoms with Crippen LogP contribution >= 0.6 is 0 Å². The highest BCUT2D eigenvalue weighted by molar-refractivity contribution is 6.08. The van der Waals surface area contributed by atoms with Crippen LogP contribution in [-0.4, -0.2) is 25.1 Å². The van der Waals surface area contributed by atoms with Crippen LogP contribution < -0.4 is 20.1 Å². The largest absolute Gasteiger partial charge is 0.496 e. The molecule has 3 aromatic rings. The monoisotopic (exact) mass is 367 g/mol. The van der Waals surface area contributed by atoms with Gasteiger partial charge in [-0.15, -0.1) is 0 Å². The first-order valence-electron chi connectivity index (χ1n) is 8.11. The molecule has 3 rings (SSSR count). The summed E-state index contributed by atoms with van der Waals surface area (Å²) in [5.41, 5.74) is 1.52. The molecule has 27 heavy (non-hydrogen) atoms. The van der Waals surface area contributed by atoms with Gasteiger partial charge in [-0.3, -0.25) is 4.79 Å². The van der Waals surface area contributed by atoms with Gasteiger partial charge in [-0.2, -0.15) is 0 Å². The molecule has 0 fully saturated rings. The standard InChI is InChI=1S/C20H18FN3O3/c1-26-16-4-3-5-17(27-2)19(16)20(25)24-15-10-11-18(22-12-15)23-14-8-6-13(21)7-9-14/h3-12H,1-2H3,(H,22,23)(H,24,25). The number of nitrogens with zero attached hydrogens (tertiary/aromatic N) is 1. The van der Waals surface area contributed by atoms with E-state index in [-0.39, 0.29) is 11.7 Å². The minimum atomic E-state index is -0.370. The summed E-state index contributed by atoms with van der Waals surface area (Å²) in [7, 11) is 2.98. The Bertz CT molecular complexity index is 906. The van der Waals surface area contributed by atoms with Gasteiger partial charge in [0, 0.05) is 5.69 Å². The summed E-state index contributed by atoms with van der Waals surface area (Å²) in [4.78, 5) is 16.9. The molecule has 1 heterocycles. The van der Waals surface area contributed by atoms with Gasteiger partial charge >= 0.3 is 0 Å². The Hall–Kier alpha value is -3.61. The lowest BCUT2D eigenvalue weighted by Gasteiger charge is -2.13. The third-order valence-corrected chi connectivity index (χ3v) is 3.79. The van der Waals surface area contributed by atoms with Crippen molar-refractivity contribution < 1.29 is 18.7 Å². The van der Waals surface area contributed by atoms with Crippen LogP contribution in [0.3, 0.4) is 0 Å². The van der Waals surface area contributed by atoms with Gasteiger partial charge in [0.05, 0.1) is 26.1 Å². The Balaban J connectivity index is 1.73. The van der Waals surface area contributed by atoms with Gasteiger partial charge in [0.15, 0.2) is 0 Å². The van der Waals surface area contributed by atoms with E-state index in [4.69, 9.17) is 9.47 Å². The van der Waals surface area contributed by atoms with E-state index < -0.39 is 0 Å². The van der Waals surface area contributed by atoms with Crippen molar-refractivity contribution in [3.05, 3.63) is 72.2 Å². The predicted molar refractivity (Wildman–Crippen MR) is 101 cm³/mol. The normalized spacial score (nSPS) is 10.2. The fraction of sp³-hybridized carbons (Fsp3) is 0.100. The van der Waals surface area contributed by atoms with Crippen LogP contribution in [0.1, 0.15) is 10.4 Å². The number of rotatable bonds is 6. The number of aromatic nitrogens is 1. The van der Waals surface area contributed by atoms with Crippen molar-refractivity contribution in [1.82, 2.24) is 4.98 Å². The highest BCUT2D eigenvalue weighted by atomic mass is 19.1. The number of nitrogens with one attached hydrogen (secondary N) is 2. The SMILES string of the molecule is COc1cccc(OC)c1C(=O)Nc1ccc(Nc2ccc(F)cc2)nc1. The number of ether oxygens (including phenoxy) is 2. The lowest BCUT2D eigenvalue weighted by molar-refractivity contribution is 0.102. The zero-order valence-corrected chi connectivity index (χ0v) is 14.8. The Morgan fingerprint density at radius 2 is 1.56 bits per heavy atom. The Kier molecular flexibility index (Phi) is 5.51. The van der Waals surface area contributed by atoms with Crippen LogP contribution in [0.25, 0.3) is 0 Å². The molecular weight excluding hydrogens is 349 g/mol. The van der Waals surface area contributed by atoms with E-state index >= 15 is 0 Å². The molecule has 0 aliphatic carbocycles. The van der Waals surface area contributed by atoms with Gasteiger partial charge in [-0.05, 0) is 48.5 Å². The van der Waals surface area contributed by atoms with E-state index in [1.807, 2.05) is 0 Å². The van der Waals surface area contributed by atoms with Crippen molar-refractivity contribution in [2.24, 2.45) is 0 Å². The lowest BCUT2D eigenvalue weighted by Crippen LogP contribution is -2.14. The van der Waals surface area contributed by atoms with Crippen molar-refractivity contribution in [3.63, 3.8) is 0 Å². The van der Waals surface area contributed by atoms with Crippen molar-refractivity contribution in [1.29, 1.82) is 0 Å². The molecule has 0 spiro atoms. The predicted octanol–water partition coefficient (Wildman–Crippen LogP) is 4.23. The number of benzene rings is 2. The van der Waals surface area contributed by atoms with Crippen LogP contribution in [0.2, 0.25) is 0 Å². The molecule has 138 valence electrons. The van der Waals surface area contributed by atoms with Crippen LogP contribution in [0.5, 0.6) is 11.5 Å². The Morgan fingerprint density at radius 3 is 2.11 bits per heavy atom. The van der Waals surface area contributed by atoms with E-state index in [0.29, 0.717) is 34.3 Å². The number of pyridine rings is 1. The molecular formula is C20H18FN3O3. The van der Waals surface area contributed by atoms with Crippen molar-refractivity contribution in [2.45, 2.75) is 0 Å². The summed E-state index contributed by atoms with van der Waals surface area (Å²) < 4.78 is 23.4. The second-order valence-electron chi connectivity index (χ2n) is 5.56. The highest BCUT2D eigenvalue weighted by Gasteiger charge is 2.18. The lowest BCUT2D eigenvalue weighted by atomic mass is 10.1. The molecule has 0 saturated heterocycles. The van der Waals surface area contributed by atoms with E-state index in [0.717, 1.165) is 0 Å². The second-order valence-corrected chi connectivity index (χ2v) is 5.56. The molecule has 6 nitrogen and oxygen atoms in total. The maximum Gasteiger partial charge on any atom is 0.263 e. The molecule has 0 atom stereocenters. The van der Waals surface area contributed by atoms with Crippen LogP contribution in [0.15, 0.2) is 60.8 Å². The molecule has 7 heteroatoms. The minimum Gasteiger partial charge on any atom is -0.496 e. The van der Waals surface area contributed by atoms with E-state index in [2.05, 4.69) is 15.6 Å². The number of carbonyl (C=O) groups excluding carboxylic acids is 1. The molecule has 2 N–H and O–H groups in total. The van der Waals surface area contributed by atoms with E-state index in [9.17, 15) is 9.18 Å². The van der Waals surface area contributed by atoms with Gasteiger partial charge in [0.25, 0.3) is 5.91 Å². The zero-order chi connectivity index (χ0) is 19.2. The van der Waals surface area contributed by atoms with Gasteiger partial charge in [0.2, 0.25) is 0 Å². The number of hydrogen-bond donors (Lipinski definition) is 2. The molecule has 0 saturated carbocycles. The average molecular weight is 367 g/mol. The molecule has 0 bridgehead atoms. The Morgan fingerprint density at radius 1 is 0.926 bits per heavy atom. The first-order valence-corrected chi connectivity index (χ1v) is 8.11. The number of anilines is 3. The molecule has 1 amide bonds. The van der Waals surface area contributed by atoms with Gasteiger partial charge in [-0.25, -0.2) is 9.37 Å². The smallest absolute Gasteiger partial charge is 0.263 e. The number of carbonyl (C=O) groups is 1. The fourth-order valence-corrected chi connectivity index (χ4v) is 2.49. The number of methoxy groups -OCH3 is 2. The number of halogens is 1. The van der Waals surface area contributed by atoms with Crippen LogP contribution in [0.4, 0.5) is 21.6 Å². The van der Waals surface area contributed by atoms with Crippen molar-refractivity contribution >= 4 is 23.1 Å². The molecule has 0 unspecified atom stereocenters. The highest BCUT2D eigenvalue weighted by Crippen LogP contribution is 2.29. The van der Waals surface area contributed by atoms with Crippen LogP contribution in [0, 0.1) is 5.82 Å². The van der Waals surface area contributed by atoms with Crippen molar-refractivity contribution in [3.8, 4) is 11.5 Å². The first kappa shape index (κ1) is 18.2. The topological polar surface area (TPSA) is 72.5 Å². The molecule has 1 aromatic heterocycles. The van der Waals surface area contributed by atoms with Gasteiger partial charge in [0.1, 0.15) is 28.7 Å². The maximum absolute atomic E-state index is 12.9. The zero-order valence-electron chi connectivity index (χ0n) is 14.8. The number of hydrogen-bond acceptors (Lipinski definition) is 5. The molecule has 0 aliphatic heterocycles. The van der Waals surface area contributed by atoms with Gasteiger partial charge < -0.3 is 20.1 Å². The average Bonchev–Trinajstić information content (AvgIpc) is 2.70. The summed E-state index contributed by atoms with van der Waals surface area (Å²) in [6.07, 6.45) is 1.52.